The van der Waals surface area contributed by atoms with Gasteiger partial charge >= 0.3 is 0 Å². The second-order valence-electron chi connectivity index (χ2n) is 6.72. The van der Waals surface area contributed by atoms with Crippen LogP contribution in [0.2, 0.25) is 0 Å². The van der Waals surface area contributed by atoms with Gasteiger partial charge in [0, 0.05) is 4.88 Å². The Hall–Kier alpha value is -0.870. The minimum atomic E-state index is -0.0857. The molecule has 2 rings (SSSR count). The minimum absolute atomic E-state index is 0.0271. The van der Waals surface area contributed by atoms with E-state index in [4.69, 9.17) is 0 Å². The molecule has 1 aliphatic heterocycles. The Morgan fingerprint density at radius 1 is 1.50 bits per heavy atom. The molecule has 1 aromatic rings. The molecule has 2 atom stereocenters. The third-order valence-corrected chi connectivity index (χ3v) is 5.16. The lowest BCUT2D eigenvalue weighted by atomic mass is 9.77. The van der Waals surface area contributed by atoms with Gasteiger partial charge in [0.1, 0.15) is 0 Å². The Kier molecular flexibility index (Phi) is 4.86. The Labute approximate surface area is 126 Å². The van der Waals surface area contributed by atoms with E-state index in [1.165, 1.54) is 4.88 Å². The van der Waals surface area contributed by atoms with Gasteiger partial charge in [-0.25, -0.2) is 0 Å². The standard InChI is InChI=1S/C16H26N2OS/c1-11(2)13(12-7-5-10-20-12)18-15(19)14-16(3,4)8-6-9-17-14/h5,7,10-11,13-14,17H,6,8-9H2,1-4H3,(H,18,19). The van der Waals surface area contributed by atoms with Crippen molar-refractivity contribution in [1.29, 1.82) is 0 Å². The number of nitrogens with one attached hydrogen (secondary N) is 2. The molecule has 1 amide bonds. The lowest BCUT2D eigenvalue weighted by Crippen LogP contribution is -2.56. The third-order valence-electron chi connectivity index (χ3n) is 4.20. The minimum Gasteiger partial charge on any atom is -0.347 e. The van der Waals surface area contributed by atoms with Crippen molar-refractivity contribution in [1.82, 2.24) is 10.6 Å². The van der Waals surface area contributed by atoms with Crippen LogP contribution >= 0.6 is 11.3 Å². The van der Waals surface area contributed by atoms with Gasteiger partial charge in [0.15, 0.2) is 0 Å². The molecular formula is C16H26N2OS. The van der Waals surface area contributed by atoms with E-state index in [9.17, 15) is 4.79 Å². The van der Waals surface area contributed by atoms with Crippen molar-refractivity contribution < 1.29 is 4.79 Å². The average molecular weight is 294 g/mol. The molecule has 3 nitrogen and oxygen atoms in total. The maximum Gasteiger partial charge on any atom is 0.238 e. The average Bonchev–Trinajstić information content (AvgIpc) is 2.88. The molecule has 0 aliphatic carbocycles. The van der Waals surface area contributed by atoms with Crippen LogP contribution in [0.5, 0.6) is 0 Å². The van der Waals surface area contributed by atoms with Gasteiger partial charge in [0.25, 0.3) is 0 Å². The Morgan fingerprint density at radius 3 is 2.80 bits per heavy atom. The first-order valence-electron chi connectivity index (χ1n) is 7.49. The van der Waals surface area contributed by atoms with Crippen molar-refractivity contribution in [3.63, 3.8) is 0 Å². The molecule has 2 heterocycles. The molecule has 20 heavy (non-hydrogen) atoms. The van der Waals surface area contributed by atoms with Crippen molar-refractivity contribution in [2.24, 2.45) is 11.3 Å². The summed E-state index contributed by atoms with van der Waals surface area (Å²) in [6, 6.07) is 4.18. The summed E-state index contributed by atoms with van der Waals surface area (Å²) in [7, 11) is 0. The highest BCUT2D eigenvalue weighted by Gasteiger charge is 2.38. The molecular weight excluding hydrogens is 268 g/mol. The van der Waals surface area contributed by atoms with Gasteiger partial charge < -0.3 is 10.6 Å². The van der Waals surface area contributed by atoms with E-state index in [1.54, 1.807) is 11.3 Å². The van der Waals surface area contributed by atoms with Crippen molar-refractivity contribution >= 4 is 17.2 Å². The zero-order chi connectivity index (χ0) is 14.8. The van der Waals surface area contributed by atoms with Gasteiger partial charge in [0.2, 0.25) is 5.91 Å². The third kappa shape index (κ3) is 3.41. The lowest BCUT2D eigenvalue weighted by Gasteiger charge is -2.39. The topological polar surface area (TPSA) is 41.1 Å². The number of carbonyl (C=O) groups excluding carboxylic acids is 1. The number of piperidine rings is 1. The number of thiophene rings is 1. The highest BCUT2D eigenvalue weighted by atomic mass is 32.1. The summed E-state index contributed by atoms with van der Waals surface area (Å²) in [5, 5.41) is 8.71. The summed E-state index contributed by atoms with van der Waals surface area (Å²) in [5.41, 5.74) is 0.0271. The van der Waals surface area contributed by atoms with Crippen molar-refractivity contribution in [3.8, 4) is 0 Å². The van der Waals surface area contributed by atoms with Gasteiger partial charge in [-0.1, -0.05) is 33.8 Å². The summed E-state index contributed by atoms with van der Waals surface area (Å²) in [4.78, 5) is 13.9. The van der Waals surface area contributed by atoms with E-state index in [0.29, 0.717) is 5.92 Å². The fourth-order valence-corrected chi connectivity index (χ4v) is 3.88. The molecule has 1 aliphatic rings. The highest BCUT2D eigenvalue weighted by molar-refractivity contribution is 7.10. The molecule has 4 heteroatoms. The Morgan fingerprint density at radius 2 is 2.25 bits per heavy atom. The largest absolute Gasteiger partial charge is 0.347 e. The first-order valence-corrected chi connectivity index (χ1v) is 8.37. The van der Waals surface area contributed by atoms with Gasteiger partial charge in [-0.05, 0) is 42.2 Å². The summed E-state index contributed by atoms with van der Waals surface area (Å²) in [6.45, 7) is 9.61. The van der Waals surface area contributed by atoms with E-state index >= 15 is 0 Å². The zero-order valence-electron chi connectivity index (χ0n) is 12.9. The van der Waals surface area contributed by atoms with Gasteiger partial charge in [-0.3, -0.25) is 4.79 Å². The second-order valence-corrected chi connectivity index (χ2v) is 7.70. The number of carbonyl (C=O) groups is 1. The summed E-state index contributed by atoms with van der Waals surface area (Å²) in [6.07, 6.45) is 2.25. The molecule has 0 bridgehead atoms. The van der Waals surface area contributed by atoms with Gasteiger partial charge in [0.05, 0.1) is 12.1 Å². The molecule has 0 aromatic carbocycles. The molecule has 1 aromatic heterocycles. The molecule has 0 spiro atoms. The Bertz CT molecular complexity index is 439. The van der Waals surface area contributed by atoms with Crippen molar-refractivity contribution in [3.05, 3.63) is 22.4 Å². The van der Waals surface area contributed by atoms with Crippen LogP contribution in [-0.2, 0) is 4.79 Å². The van der Waals surface area contributed by atoms with Crippen molar-refractivity contribution in [2.75, 3.05) is 6.54 Å². The highest BCUT2D eigenvalue weighted by Crippen LogP contribution is 2.32. The molecule has 0 saturated carbocycles. The van der Waals surface area contributed by atoms with Crippen LogP contribution in [0.1, 0.15) is 51.5 Å². The van der Waals surface area contributed by atoms with E-state index < -0.39 is 0 Å². The normalized spacial score (nSPS) is 23.6. The number of amides is 1. The van der Waals surface area contributed by atoms with E-state index in [-0.39, 0.29) is 23.4 Å². The molecule has 2 N–H and O–H groups in total. The van der Waals surface area contributed by atoms with E-state index in [0.717, 1.165) is 19.4 Å². The quantitative estimate of drug-likeness (QED) is 0.894. The molecule has 112 valence electrons. The van der Waals surface area contributed by atoms with Crippen LogP contribution in [0.3, 0.4) is 0 Å². The molecule has 1 fully saturated rings. The van der Waals surface area contributed by atoms with Crippen LogP contribution in [-0.4, -0.2) is 18.5 Å². The number of hydrogen-bond donors (Lipinski definition) is 2. The predicted molar refractivity (Wildman–Crippen MR) is 84.8 cm³/mol. The molecule has 2 unspecified atom stereocenters. The summed E-state index contributed by atoms with van der Waals surface area (Å²) < 4.78 is 0. The maximum absolute atomic E-state index is 12.7. The second kappa shape index (κ2) is 6.27. The van der Waals surface area contributed by atoms with Crippen LogP contribution < -0.4 is 10.6 Å². The van der Waals surface area contributed by atoms with Crippen molar-refractivity contribution in [2.45, 2.75) is 52.6 Å². The summed E-state index contributed by atoms with van der Waals surface area (Å²) >= 11 is 1.71. The number of hydrogen-bond acceptors (Lipinski definition) is 3. The molecule has 1 saturated heterocycles. The first-order chi connectivity index (χ1) is 9.42. The SMILES string of the molecule is CC(C)C(NC(=O)C1NCCCC1(C)C)c1cccs1. The first kappa shape index (κ1) is 15.5. The van der Waals surface area contributed by atoms with Crippen LogP contribution in [0, 0.1) is 11.3 Å². The predicted octanol–water partition coefficient (Wildman–Crippen LogP) is 3.34. The van der Waals surface area contributed by atoms with Crippen LogP contribution in [0.4, 0.5) is 0 Å². The Balaban J connectivity index is 2.09. The van der Waals surface area contributed by atoms with Gasteiger partial charge in [-0.2, -0.15) is 0 Å². The number of rotatable bonds is 4. The maximum atomic E-state index is 12.7. The smallest absolute Gasteiger partial charge is 0.238 e. The van der Waals surface area contributed by atoms with Gasteiger partial charge in [-0.15, -0.1) is 11.3 Å². The fraction of sp³-hybridized carbons (Fsp3) is 0.688. The van der Waals surface area contributed by atoms with Crippen LogP contribution in [0.15, 0.2) is 17.5 Å². The van der Waals surface area contributed by atoms with E-state index in [2.05, 4.69) is 49.8 Å². The monoisotopic (exact) mass is 294 g/mol. The van der Waals surface area contributed by atoms with Crippen LogP contribution in [0.25, 0.3) is 0 Å². The summed E-state index contributed by atoms with van der Waals surface area (Å²) in [5.74, 6) is 0.533. The van der Waals surface area contributed by atoms with E-state index in [1.807, 2.05) is 6.07 Å². The molecule has 0 radical (unpaired) electrons. The lowest BCUT2D eigenvalue weighted by molar-refractivity contribution is -0.127. The zero-order valence-corrected chi connectivity index (χ0v) is 13.7. The fourth-order valence-electron chi connectivity index (χ4n) is 2.93.